The van der Waals surface area contributed by atoms with Gasteiger partial charge >= 0.3 is 0 Å². The Kier molecular flexibility index (Phi) is 3.36. The molecule has 4 fully saturated rings. The molecule has 0 aromatic rings. The Bertz CT molecular complexity index is 453. The van der Waals surface area contributed by atoms with Crippen LogP contribution in [-0.2, 0) is 0 Å². The van der Waals surface area contributed by atoms with Crippen molar-refractivity contribution in [3.8, 4) is 0 Å². The summed E-state index contributed by atoms with van der Waals surface area (Å²) >= 11 is 0. The maximum atomic E-state index is 2.75. The van der Waals surface area contributed by atoms with Crippen molar-refractivity contribution < 1.29 is 0 Å². The van der Waals surface area contributed by atoms with E-state index in [1.807, 2.05) is 0 Å². The summed E-state index contributed by atoms with van der Waals surface area (Å²) in [7, 11) is 0. The summed E-state index contributed by atoms with van der Waals surface area (Å²) in [5.74, 6) is 4.96. The average molecular weight is 303 g/mol. The first-order chi connectivity index (χ1) is 10.3. The van der Waals surface area contributed by atoms with Crippen LogP contribution in [0.15, 0.2) is 0 Å². The first-order valence-electron chi connectivity index (χ1n) is 10.3. The molecular weight excluding hydrogens is 264 g/mol. The Morgan fingerprint density at radius 2 is 1.41 bits per heavy atom. The van der Waals surface area contributed by atoms with Crippen LogP contribution in [0.25, 0.3) is 0 Å². The van der Waals surface area contributed by atoms with Gasteiger partial charge in [-0.25, -0.2) is 0 Å². The van der Waals surface area contributed by atoms with Gasteiger partial charge in [0.2, 0.25) is 0 Å². The van der Waals surface area contributed by atoms with Gasteiger partial charge in [0.1, 0.15) is 0 Å². The zero-order chi connectivity index (χ0) is 15.8. The first-order valence-corrected chi connectivity index (χ1v) is 10.3. The van der Waals surface area contributed by atoms with Crippen molar-refractivity contribution in [1.82, 2.24) is 0 Å². The van der Waals surface area contributed by atoms with Crippen LogP contribution in [0.3, 0.4) is 0 Å². The third-order valence-electron chi connectivity index (χ3n) is 10.2. The largest absolute Gasteiger partial charge is 0.0620 e. The Labute approximate surface area is 138 Å². The second-order valence-electron chi connectivity index (χ2n) is 10.6. The standard InChI is InChI=1S/C22H38/c1-15-9-10-18-20(15,3)13-11-19-21(4)12-7-6-8-17(21)14-16(2)22(18,19)5/h15-19H,6-14H2,1-5H3. The summed E-state index contributed by atoms with van der Waals surface area (Å²) in [4.78, 5) is 0. The van der Waals surface area contributed by atoms with Gasteiger partial charge in [-0.1, -0.05) is 47.5 Å². The van der Waals surface area contributed by atoms with Crippen molar-refractivity contribution in [1.29, 1.82) is 0 Å². The van der Waals surface area contributed by atoms with Crippen molar-refractivity contribution >= 4 is 0 Å². The zero-order valence-corrected chi connectivity index (χ0v) is 15.8. The third kappa shape index (κ3) is 1.71. The van der Waals surface area contributed by atoms with E-state index in [0.29, 0.717) is 16.2 Å². The number of hydrogen-bond acceptors (Lipinski definition) is 0. The van der Waals surface area contributed by atoms with Gasteiger partial charge in [0.05, 0.1) is 0 Å². The quantitative estimate of drug-likeness (QED) is 0.467. The fraction of sp³-hybridized carbons (Fsp3) is 1.00. The minimum Gasteiger partial charge on any atom is -0.0620 e. The van der Waals surface area contributed by atoms with Crippen LogP contribution in [0.5, 0.6) is 0 Å². The van der Waals surface area contributed by atoms with Gasteiger partial charge in [-0.2, -0.15) is 0 Å². The van der Waals surface area contributed by atoms with Crippen LogP contribution < -0.4 is 0 Å². The lowest BCUT2D eigenvalue weighted by Crippen LogP contribution is -2.61. The van der Waals surface area contributed by atoms with Crippen LogP contribution in [0.4, 0.5) is 0 Å². The molecule has 4 aliphatic rings. The predicted molar refractivity (Wildman–Crippen MR) is 94.7 cm³/mol. The highest BCUT2D eigenvalue weighted by molar-refractivity contribution is 5.14. The molecule has 0 spiro atoms. The topological polar surface area (TPSA) is 0 Å². The molecule has 0 radical (unpaired) electrons. The SMILES string of the molecule is CC1CCC2C1(C)CCC1C3(C)CCCCC3CC(C)C21C. The van der Waals surface area contributed by atoms with Crippen molar-refractivity contribution in [2.24, 2.45) is 45.8 Å². The fourth-order valence-corrected chi connectivity index (χ4v) is 8.56. The molecule has 8 atom stereocenters. The summed E-state index contributed by atoms with van der Waals surface area (Å²) in [6.07, 6.45) is 13.7. The van der Waals surface area contributed by atoms with E-state index in [-0.39, 0.29) is 0 Å². The molecule has 0 bridgehead atoms. The molecule has 0 heteroatoms. The van der Waals surface area contributed by atoms with E-state index < -0.39 is 0 Å². The van der Waals surface area contributed by atoms with Gasteiger partial charge in [-0.05, 0) is 90.8 Å². The van der Waals surface area contributed by atoms with Gasteiger partial charge in [0.25, 0.3) is 0 Å². The van der Waals surface area contributed by atoms with Gasteiger partial charge in [0, 0.05) is 0 Å². The Hall–Kier alpha value is 0. The number of fused-ring (bicyclic) bond motifs is 5. The molecule has 4 saturated carbocycles. The molecule has 126 valence electrons. The summed E-state index contributed by atoms with van der Waals surface area (Å²) in [5, 5.41) is 0. The zero-order valence-electron chi connectivity index (χ0n) is 15.8. The maximum absolute atomic E-state index is 2.75. The van der Waals surface area contributed by atoms with E-state index in [0.717, 1.165) is 29.6 Å². The molecule has 8 unspecified atom stereocenters. The molecule has 0 aliphatic heterocycles. The van der Waals surface area contributed by atoms with E-state index in [2.05, 4.69) is 34.6 Å². The minimum absolute atomic E-state index is 0.625. The van der Waals surface area contributed by atoms with Crippen molar-refractivity contribution in [2.45, 2.75) is 92.4 Å². The molecule has 0 amide bonds. The van der Waals surface area contributed by atoms with Crippen LogP contribution in [0.2, 0.25) is 0 Å². The first kappa shape index (κ1) is 15.5. The summed E-state index contributed by atoms with van der Waals surface area (Å²) in [6, 6.07) is 0. The van der Waals surface area contributed by atoms with E-state index in [1.54, 1.807) is 0 Å². The molecule has 0 N–H and O–H groups in total. The highest BCUT2D eigenvalue weighted by Crippen LogP contribution is 2.73. The van der Waals surface area contributed by atoms with Gasteiger partial charge < -0.3 is 0 Å². The molecule has 0 aromatic heterocycles. The van der Waals surface area contributed by atoms with Gasteiger partial charge in [0.15, 0.2) is 0 Å². The Balaban J connectivity index is 1.76. The van der Waals surface area contributed by atoms with Crippen molar-refractivity contribution in [2.75, 3.05) is 0 Å². The Morgan fingerprint density at radius 1 is 0.682 bits per heavy atom. The third-order valence-corrected chi connectivity index (χ3v) is 10.2. The monoisotopic (exact) mass is 302 g/mol. The molecule has 4 aliphatic carbocycles. The van der Waals surface area contributed by atoms with Crippen LogP contribution in [0, 0.1) is 45.8 Å². The van der Waals surface area contributed by atoms with Crippen molar-refractivity contribution in [3.05, 3.63) is 0 Å². The maximum Gasteiger partial charge on any atom is -0.0233 e. The van der Waals surface area contributed by atoms with Gasteiger partial charge in [-0.15, -0.1) is 0 Å². The Morgan fingerprint density at radius 3 is 2.18 bits per heavy atom. The lowest BCUT2D eigenvalue weighted by Gasteiger charge is -2.68. The highest BCUT2D eigenvalue weighted by atomic mass is 14.7. The lowest BCUT2D eigenvalue weighted by atomic mass is 9.37. The summed E-state index contributed by atoms with van der Waals surface area (Å²) in [6.45, 7) is 13.3. The van der Waals surface area contributed by atoms with E-state index in [9.17, 15) is 0 Å². The molecule has 0 heterocycles. The van der Waals surface area contributed by atoms with E-state index in [1.165, 1.54) is 57.8 Å². The summed E-state index contributed by atoms with van der Waals surface area (Å²) < 4.78 is 0. The number of rotatable bonds is 0. The molecule has 0 saturated heterocycles. The van der Waals surface area contributed by atoms with E-state index >= 15 is 0 Å². The van der Waals surface area contributed by atoms with Crippen LogP contribution in [0.1, 0.15) is 92.4 Å². The van der Waals surface area contributed by atoms with Gasteiger partial charge in [-0.3, -0.25) is 0 Å². The smallest absolute Gasteiger partial charge is 0.0233 e. The second kappa shape index (κ2) is 4.76. The predicted octanol–water partition coefficient (Wildman–Crippen LogP) is 6.69. The molecule has 0 aromatic carbocycles. The second-order valence-corrected chi connectivity index (χ2v) is 10.6. The van der Waals surface area contributed by atoms with Crippen LogP contribution >= 0.6 is 0 Å². The normalized spacial score (nSPS) is 61.2. The average Bonchev–Trinajstić information content (AvgIpc) is 2.78. The highest BCUT2D eigenvalue weighted by Gasteiger charge is 2.65. The lowest BCUT2D eigenvalue weighted by molar-refractivity contribution is -0.190. The minimum atomic E-state index is 0.625. The van der Waals surface area contributed by atoms with E-state index in [4.69, 9.17) is 0 Å². The van der Waals surface area contributed by atoms with Crippen molar-refractivity contribution in [3.63, 3.8) is 0 Å². The molecule has 4 rings (SSSR count). The summed E-state index contributed by atoms with van der Waals surface area (Å²) in [5.41, 5.74) is 1.95. The molecular formula is C22H38. The molecule has 22 heavy (non-hydrogen) atoms. The molecule has 0 nitrogen and oxygen atoms in total. The number of hydrogen-bond donors (Lipinski definition) is 0. The van der Waals surface area contributed by atoms with Crippen LogP contribution in [-0.4, -0.2) is 0 Å². The fourth-order valence-electron chi connectivity index (χ4n) is 8.56.